The monoisotopic (exact) mass is 143 g/mol. The largest absolute Gasteiger partial charge is 0.301 e. The Bertz CT molecular complexity index is 176. The summed E-state index contributed by atoms with van der Waals surface area (Å²) in [5.41, 5.74) is 0. The first-order chi connectivity index (χ1) is 4.27. The predicted molar refractivity (Wildman–Crippen MR) is 36.9 cm³/mol. The Hall–Kier alpha value is -0.630. The molecule has 0 aromatic heterocycles. The zero-order valence-electron chi connectivity index (χ0n) is 4.75. The van der Waals surface area contributed by atoms with Gasteiger partial charge in [-0.15, -0.1) is 11.6 Å². The third-order valence-electron chi connectivity index (χ3n) is 1.14. The van der Waals surface area contributed by atoms with Crippen LogP contribution in [0.15, 0.2) is 17.3 Å². The average molecular weight is 144 g/mol. The van der Waals surface area contributed by atoms with Gasteiger partial charge in [0.15, 0.2) is 0 Å². The molecule has 3 heteroatoms. The lowest BCUT2D eigenvalue weighted by Gasteiger charge is -2.13. The second-order valence-corrected chi connectivity index (χ2v) is 2.60. The Labute approximate surface area is 58.2 Å². The van der Waals surface area contributed by atoms with Crippen molar-refractivity contribution in [1.29, 1.82) is 0 Å². The third kappa shape index (κ3) is 1.39. The maximum absolute atomic E-state index is 10.2. The number of carbonyl (C=O) groups is 1. The zero-order valence-corrected chi connectivity index (χ0v) is 5.51. The van der Waals surface area contributed by atoms with Gasteiger partial charge in [0.25, 0.3) is 0 Å². The van der Waals surface area contributed by atoms with Crippen LogP contribution in [0.1, 0.15) is 6.42 Å². The van der Waals surface area contributed by atoms with E-state index in [1.54, 1.807) is 12.3 Å². The predicted octanol–water partition coefficient (Wildman–Crippen LogP) is 1.15. The van der Waals surface area contributed by atoms with Crippen molar-refractivity contribution in [2.45, 2.75) is 11.3 Å². The minimum absolute atomic E-state index is 0.495. The number of hydrogen-bond acceptors (Lipinski definition) is 2. The number of halogens is 1. The van der Waals surface area contributed by atoms with Crippen molar-refractivity contribution in [3.8, 4) is 0 Å². The molecular formula is C6H6ClNO. The van der Waals surface area contributed by atoms with Crippen molar-refractivity contribution in [2.24, 2.45) is 4.99 Å². The van der Waals surface area contributed by atoms with Gasteiger partial charge in [0.1, 0.15) is 11.2 Å². The lowest BCUT2D eigenvalue weighted by atomic mass is 10.1. The maximum Gasteiger partial charge on any atom is 0.145 e. The van der Waals surface area contributed by atoms with Gasteiger partial charge in [0.2, 0.25) is 0 Å². The highest BCUT2D eigenvalue weighted by Crippen LogP contribution is 2.19. The molecule has 0 saturated heterocycles. The van der Waals surface area contributed by atoms with Crippen molar-refractivity contribution in [1.82, 2.24) is 0 Å². The van der Waals surface area contributed by atoms with Gasteiger partial charge in [-0.25, -0.2) is 0 Å². The van der Waals surface area contributed by atoms with E-state index in [-0.39, 0.29) is 0 Å². The van der Waals surface area contributed by atoms with Gasteiger partial charge < -0.3 is 4.79 Å². The summed E-state index contributed by atoms with van der Waals surface area (Å²) in [4.78, 5) is 13.2. The summed E-state index contributed by atoms with van der Waals surface area (Å²) < 4.78 is 0. The maximum atomic E-state index is 10.2. The highest BCUT2D eigenvalue weighted by Gasteiger charge is 2.22. The quantitative estimate of drug-likeness (QED) is 0.400. The number of nitrogens with zero attached hydrogens (tertiary/aromatic N) is 1. The number of alkyl halides is 1. The van der Waals surface area contributed by atoms with E-state index in [9.17, 15) is 4.79 Å². The molecule has 0 amide bonds. The van der Waals surface area contributed by atoms with Crippen LogP contribution in [0.25, 0.3) is 0 Å². The first kappa shape index (κ1) is 6.49. The topological polar surface area (TPSA) is 29.4 Å². The van der Waals surface area contributed by atoms with Gasteiger partial charge in [-0.05, 0) is 6.08 Å². The van der Waals surface area contributed by atoms with Gasteiger partial charge in [0.05, 0.1) is 0 Å². The van der Waals surface area contributed by atoms with Crippen LogP contribution in [0.2, 0.25) is 0 Å². The van der Waals surface area contributed by atoms with E-state index in [4.69, 9.17) is 11.6 Å². The Morgan fingerprint density at radius 3 is 2.89 bits per heavy atom. The summed E-state index contributed by atoms with van der Waals surface area (Å²) in [6.45, 7) is 0. The Morgan fingerprint density at radius 2 is 2.56 bits per heavy atom. The molecule has 0 bridgehead atoms. The van der Waals surface area contributed by atoms with Crippen LogP contribution < -0.4 is 0 Å². The normalized spacial score (nSPS) is 32.6. The lowest BCUT2D eigenvalue weighted by Crippen LogP contribution is -2.21. The standard InChI is InChI=1S/C6H6ClNO/c7-6(5-9)1-3-8-4-2-6/h1,3-5H,2H2. The van der Waals surface area contributed by atoms with Crippen LogP contribution in [0.4, 0.5) is 0 Å². The molecule has 0 aliphatic carbocycles. The Kier molecular flexibility index (Phi) is 1.67. The molecule has 1 aliphatic heterocycles. The van der Waals surface area contributed by atoms with Gasteiger partial charge in [0, 0.05) is 18.8 Å². The molecule has 2 nitrogen and oxygen atoms in total. The van der Waals surface area contributed by atoms with Crippen molar-refractivity contribution in [3.05, 3.63) is 12.3 Å². The van der Waals surface area contributed by atoms with E-state index in [0.29, 0.717) is 6.42 Å². The van der Waals surface area contributed by atoms with E-state index >= 15 is 0 Å². The third-order valence-corrected chi connectivity index (χ3v) is 1.51. The second-order valence-electron chi connectivity index (χ2n) is 1.90. The summed E-state index contributed by atoms with van der Waals surface area (Å²) in [6.07, 6.45) is 5.96. The van der Waals surface area contributed by atoms with Crippen LogP contribution in [-0.4, -0.2) is 17.4 Å². The number of aliphatic imine (C=N–C) groups is 1. The first-order valence-corrected chi connectivity index (χ1v) is 2.99. The van der Waals surface area contributed by atoms with E-state index in [2.05, 4.69) is 4.99 Å². The van der Waals surface area contributed by atoms with Crippen LogP contribution >= 0.6 is 11.6 Å². The molecule has 0 fully saturated rings. The molecule has 1 unspecified atom stereocenters. The molecule has 9 heavy (non-hydrogen) atoms. The molecular weight excluding hydrogens is 138 g/mol. The molecule has 0 saturated carbocycles. The van der Waals surface area contributed by atoms with Gasteiger partial charge in [-0.3, -0.25) is 4.99 Å². The summed E-state index contributed by atoms with van der Waals surface area (Å²) >= 11 is 5.71. The molecule has 0 aromatic rings. The fraction of sp³-hybridized carbons (Fsp3) is 0.333. The highest BCUT2D eigenvalue weighted by atomic mass is 35.5. The molecule has 0 spiro atoms. The van der Waals surface area contributed by atoms with Crippen LogP contribution in [0.3, 0.4) is 0 Å². The zero-order chi connectivity index (χ0) is 6.74. The number of carbonyl (C=O) groups excluding carboxylic acids is 1. The fourth-order valence-corrected chi connectivity index (χ4v) is 0.701. The minimum Gasteiger partial charge on any atom is -0.301 e. The molecule has 1 rings (SSSR count). The number of rotatable bonds is 1. The average Bonchev–Trinajstić information content (AvgIpc) is 1.90. The minimum atomic E-state index is -0.818. The SMILES string of the molecule is O=CC1(Cl)C=CN=CC1. The van der Waals surface area contributed by atoms with Crippen LogP contribution in [0.5, 0.6) is 0 Å². The van der Waals surface area contributed by atoms with Gasteiger partial charge in [-0.1, -0.05) is 0 Å². The summed E-state index contributed by atoms with van der Waals surface area (Å²) in [5, 5.41) is 0. The van der Waals surface area contributed by atoms with E-state index in [0.717, 1.165) is 6.29 Å². The molecule has 48 valence electrons. The Morgan fingerprint density at radius 1 is 1.78 bits per heavy atom. The number of aldehydes is 1. The molecule has 1 heterocycles. The van der Waals surface area contributed by atoms with Crippen molar-refractivity contribution >= 4 is 24.1 Å². The molecule has 1 atom stereocenters. The fourth-order valence-electron chi connectivity index (χ4n) is 0.576. The van der Waals surface area contributed by atoms with Crippen LogP contribution in [-0.2, 0) is 4.79 Å². The smallest absolute Gasteiger partial charge is 0.145 e. The Balaban J connectivity index is 2.73. The van der Waals surface area contributed by atoms with Crippen molar-refractivity contribution in [3.63, 3.8) is 0 Å². The van der Waals surface area contributed by atoms with Crippen LogP contribution in [0, 0.1) is 0 Å². The van der Waals surface area contributed by atoms with E-state index < -0.39 is 4.87 Å². The molecule has 0 aromatic carbocycles. The van der Waals surface area contributed by atoms with E-state index in [1.165, 1.54) is 6.20 Å². The molecule has 0 radical (unpaired) electrons. The number of hydrogen-bond donors (Lipinski definition) is 0. The van der Waals surface area contributed by atoms with Crippen molar-refractivity contribution in [2.75, 3.05) is 0 Å². The molecule has 0 N–H and O–H groups in total. The highest BCUT2D eigenvalue weighted by molar-refractivity contribution is 6.34. The van der Waals surface area contributed by atoms with E-state index in [1.807, 2.05) is 0 Å². The first-order valence-electron chi connectivity index (χ1n) is 2.61. The summed E-state index contributed by atoms with van der Waals surface area (Å²) in [6, 6.07) is 0. The van der Waals surface area contributed by atoms with Gasteiger partial charge >= 0.3 is 0 Å². The summed E-state index contributed by atoms with van der Waals surface area (Å²) in [5.74, 6) is 0. The number of allylic oxidation sites excluding steroid dienone is 1. The summed E-state index contributed by atoms with van der Waals surface area (Å²) in [7, 11) is 0. The second kappa shape index (κ2) is 2.31. The van der Waals surface area contributed by atoms with Gasteiger partial charge in [-0.2, -0.15) is 0 Å². The molecule has 1 aliphatic rings. The lowest BCUT2D eigenvalue weighted by molar-refractivity contribution is -0.108. The van der Waals surface area contributed by atoms with Crippen molar-refractivity contribution < 1.29 is 4.79 Å².